The molecular weight excluding hydrogens is 577 g/mol. The highest BCUT2D eigenvalue weighted by molar-refractivity contribution is 6.99. The van der Waals surface area contributed by atoms with E-state index in [0.29, 0.717) is 6.61 Å². The molecule has 0 aliphatic carbocycles. The second-order valence-electron chi connectivity index (χ2n) is 15.6. The van der Waals surface area contributed by atoms with Crippen molar-refractivity contribution in [2.75, 3.05) is 6.61 Å². The summed E-state index contributed by atoms with van der Waals surface area (Å²) in [4.78, 5) is 12.1. The van der Waals surface area contributed by atoms with Gasteiger partial charge in [0.05, 0.1) is 12.2 Å². The highest BCUT2D eigenvalue weighted by Crippen LogP contribution is 2.40. The van der Waals surface area contributed by atoms with Crippen LogP contribution in [0.3, 0.4) is 0 Å². The largest absolute Gasteiger partial charge is 0.414 e. The van der Waals surface area contributed by atoms with Gasteiger partial charge in [-0.2, -0.15) is 0 Å². The molecule has 244 valence electrons. The molecule has 2 aromatic rings. The average Bonchev–Trinajstić information content (AvgIpc) is 3.30. The summed E-state index contributed by atoms with van der Waals surface area (Å²) in [6, 6.07) is 21.7. The van der Waals surface area contributed by atoms with Crippen molar-refractivity contribution in [3.8, 4) is 0 Å². The molecule has 1 saturated heterocycles. The third kappa shape index (κ3) is 9.13. The monoisotopic (exact) mass is 636 g/mol. The zero-order valence-corrected chi connectivity index (χ0v) is 31.4. The van der Waals surface area contributed by atoms with Crippen LogP contribution in [-0.4, -0.2) is 47.3 Å². The zero-order chi connectivity index (χ0) is 32.8. The van der Waals surface area contributed by atoms with Crippen molar-refractivity contribution in [1.29, 1.82) is 0 Å². The Kier molecular flexibility index (Phi) is 12.6. The van der Waals surface area contributed by atoms with Crippen LogP contribution in [0.1, 0.15) is 93.9 Å². The van der Waals surface area contributed by atoms with Crippen molar-refractivity contribution in [2.45, 2.75) is 135 Å². The Hall–Kier alpha value is -1.84. The van der Waals surface area contributed by atoms with Crippen LogP contribution in [0.5, 0.6) is 0 Å². The SMILES string of the molecule is C=C1CC(CCCO[Si](c2ccccc2)(c2ccccc2)C(C)(C)C)OC1CC[C@@H](CC(C)C(C)=O)O[Si](C)(C)C(C)(C)C. The van der Waals surface area contributed by atoms with E-state index < -0.39 is 16.6 Å². The molecule has 0 N–H and O–H groups in total. The molecule has 0 amide bonds. The van der Waals surface area contributed by atoms with Crippen LogP contribution < -0.4 is 10.4 Å². The maximum absolute atomic E-state index is 12.1. The van der Waals surface area contributed by atoms with E-state index >= 15 is 0 Å². The molecule has 1 aliphatic rings. The number of ketones is 1. The van der Waals surface area contributed by atoms with Crippen molar-refractivity contribution < 1.29 is 18.4 Å². The molecule has 4 atom stereocenters. The topological polar surface area (TPSA) is 44.8 Å². The summed E-state index contributed by atoms with van der Waals surface area (Å²) in [7, 11) is -4.49. The molecule has 3 unspecified atom stereocenters. The highest BCUT2D eigenvalue weighted by atomic mass is 28.4. The summed E-state index contributed by atoms with van der Waals surface area (Å²) in [6.07, 6.45) is 5.63. The smallest absolute Gasteiger partial charge is 0.261 e. The first kappa shape index (κ1) is 36.6. The minimum Gasteiger partial charge on any atom is -0.414 e. The van der Waals surface area contributed by atoms with E-state index in [4.69, 9.17) is 13.6 Å². The van der Waals surface area contributed by atoms with E-state index in [9.17, 15) is 4.79 Å². The van der Waals surface area contributed by atoms with Crippen molar-refractivity contribution in [1.82, 2.24) is 0 Å². The van der Waals surface area contributed by atoms with E-state index in [1.807, 2.05) is 6.92 Å². The molecule has 0 aromatic heterocycles. The first-order valence-electron chi connectivity index (χ1n) is 16.7. The number of Topliss-reactive ketones (excluding diaryl/α,β-unsaturated/α-hetero) is 1. The lowest BCUT2D eigenvalue weighted by Gasteiger charge is -2.43. The predicted octanol–water partition coefficient (Wildman–Crippen LogP) is 8.84. The van der Waals surface area contributed by atoms with Crippen LogP contribution in [0, 0.1) is 5.92 Å². The minimum absolute atomic E-state index is 0.000699. The Morgan fingerprint density at radius 3 is 1.95 bits per heavy atom. The van der Waals surface area contributed by atoms with E-state index in [0.717, 1.165) is 38.5 Å². The number of carbonyl (C=O) groups is 1. The molecule has 1 fully saturated rings. The average molecular weight is 637 g/mol. The molecule has 2 aromatic carbocycles. The minimum atomic E-state index is -2.53. The van der Waals surface area contributed by atoms with Crippen molar-refractivity contribution in [3.05, 3.63) is 72.8 Å². The van der Waals surface area contributed by atoms with Gasteiger partial charge in [0.1, 0.15) is 5.78 Å². The lowest BCUT2D eigenvalue weighted by atomic mass is 9.95. The molecule has 1 aliphatic heterocycles. The van der Waals surface area contributed by atoms with Crippen molar-refractivity contribution in [3.63, 3.8) is 0 Å². The van der Waals surface area contributed by atoms with Gasteiger partial charge in [-0.25, -0.2) is 0 Å². The molecule has 0 saturated carbocycles. The summed E-state index contributed by atoms with van der Waals surface area (Å²) in [6.45, 7) is 27.2. The van der Waals surface area contributed by atoms with Crippen LogP contribution in [-0.2, 0) is 18.4 Å². The summed E-state index contributed by atoms with van der Waals surface area (Å²) >= 11 is 0. The van der Waals surface area contributed by atoms with Gasteiger partial charge in [0.2, 0.25) is 0 Å². The van der Waals surface area contributed by atoms with Gasteiger partial charge >= 0.3 is 0 Å². The molecule has 44 heavy (non-hydrogen) atoms. The molecule has 0 spiro atoms. The van der Waals surface area contributed by atoms with E-state index in [2.05, 4.69) is 122 Å². The quantitative estimate of drug-likeness (QED) is 0.111. The fourth-order valence-corrected chi connectivity index (χ4v) is 12.3. The maximum Gasteiger partial charge on any atom is 0.261 e. The van der Waals surface area contributed by atoms with Gasteiger partial charge in [-0.3, -0.25) is 4.79 Å². The van der Waals surface area contributed by atoms with Gasteiger partial charge in [0, 0.05) is 18.6 Å². The third-order valence-electron chi connectivity index (χ3n) is 10.0. The Morgan fingerprint density at radius 1 is 0.932 bits per heavy atom. The van der Waals surface area contributed by atoms with Gasteiger partial charge in [0.15, 0.2) is 8.32 Å². The first-order valence-corrected chi connectivity index (χ1v) is 21.6. The lowest BCUT2D eigenvalue weighted by molar-refractivity contribution is -0.121. The van der Waals surface area contributed by atoms with E-state index in [1.54, 1.807) is 6.92 Å². The molecule has 1 heterocycles. The second-order valence-corrected chi connectivity index (χ2v) is 24.7. The van der Waals surface area contributed by atoms with Crippen LogP contribution in [0.15, 0.2) is 72.8 Å². The van der Waals surface area contributed by atoms with Gasteiger partial charge in [-0.05, 0) is 84.6 Å². The van der Waals surface area contributed by atoms with Crippen LogP contribution >= 0.6 is 0 Å². The zero-order valence-electron chi connectivity index (χ0n) is 29.4. The Labute approximate surface area is 271 Å². The molecule has 4 nitrogen and oxygen atoms in total. The molecule has 3 rings (SSSR count). The fraction of sp³-hybridized carbons (Fsp3) is 0.605. The molecular formula is C38H60O4Si2. The number of carbonyl (C=O) groups excluding carboxylic acids is 1. The standard InChI is InChI=1S/C38H60O4Si2/c1-29(31(3)39)27-33(42-43(10,11)37(4,5)6)24-25-36-30(2)28-32(41-36)19-18-26-40-44(38(7,8)9,34-20-14-12-15-21-34)35-22-16-13-17-23-35/h12-17,20-23,29,32-33,36H,2,18-19,24-28H2,1,3-11H3/t29?,32?,33-,36?/m0/s1. The van der Waals surface area contributed by atoms with Gasteiger partial charge in [-0.15, -0.1) is 0 Å². The number of ether oxygens (including phenoxy) is 1. The summed E-state index contributed by atoms with van der Waals surface area (Å²) in [5, 5.41) is 2.73. The predicted molar refractivity (Wildman–Crippen MR) is 191 cm³/mol. The summed E-state index contributed by atoms with van der Waals surface area (Å²) in [5.74, 6) is 0.233. The van der Waals surface area contributed by atoms with Crippen molar-refractivity contribution >= 4 is 32.8 Å². The Balaban J connectivity index is 1.62. The van der Waals surface area contributed by atoms with Crippen LogP contribution in [0.25, 0.3) is 0 Å². The van der Waals surface area contributed by atoms with Crippen LogP contribution in [0.2, 0.25) is 23.2 Å². The first-order chi connectivity index (χ1) is 20.5. The molecule has 0 bridgehead atoms. The van der Waals surface area contributed by atoms with Crippen molar-refractivity contribution in [2.24, 2.45) is 5.92 Å². The number of hydrogen-bond acceptors (Lipinski definition) is 4. The van der Waals surface area contributed by atoms with Gasteiger partial charge in [-0.1, -0.05) is 116 Å². The number of benzene rings is 2. The summed E-state index contributed by atoms with van der Waals surface area (Å²) < 4.78 is 20.5. The molecule has 0 radical (unpaired) electrons. The number of rotatable bonds is 15. The highest BCUT2D eigenvalue weighted by Gasteiger charge is 2.50. The lowest BCUT2D eigenvalue weighted by Crippen LogP contribution is -2.66. The van der Waals surface area contributed by atoms with E-state index in [-0.39, 0.29) is 40.1 Å². The summed E-state index contributed by atoms with van der Waals surface area (Å²) in [5.41, 5.74) is 1.19. The van der Waals surface area contributed by atoms with Crippen LogP contribution in [0.4, 0.5) is 0 Å². The normalized spacial score (nSPS) is 19.6. The number of hydrogen-bond donors (Lipinski definition) is 0. The Bertz CT molecular complexity index is 1160. The maximum atomic E-state index is 12.1. The Morgan fingerprint density at radius 2 is 1.48 bits per heavy atom. The van der Waals surface area contributed by atoms with E-state index in [1.165, 1.54) is 15.9 Å². The van der Waals surface area contributed by atoms with Gasteiger partial charge < -0.3 is 13.6 Å². The fourth-order valence-electron chi connectivity index (χ4n) is 6.26. The third-order valence-corrected chi connectivity index (χ3v) is 19.6. The van der Waals surface area contributed by atoms with Gasteiger partial charge in [0.25, 0.3) is 8.32 Å². The molecule has 6 heteroatoms. The second kappa shape index (κ2) is 15.2.